The lowest BCUT2D eigenvalue weighted by Gasteiger charge is -2.63. The third-order valence-corrected chi connectivity index (χ3v) is 2.30. The Kier molecular flexibility index (Phi) is 0.763. The van der Waals surface area contributed by atoms with Crippen LogP contribution in [0.2, 0.25) is 0 Å². The molecule has 10 heavy (non-hydrogen) atoms. The van der Waals surface area contributed by atoms with Crippen LogP contribution in [0.4, 0.5) is 4.39 Å². The standard InChI is InChI=1S/C6H10FN3/c7-5-1-6(2-5,3-5)10-4(8)9/h1-3H2,(H4,8,9,10). The van der Waals surface area contributed by atoms with E-state index in [0.29, 0.717) is 19.3 Å². The first-order valence-corrected chi connectivity index (χ1v) is 3.33. The largest absolute Gasteiger partial charge is 0.370 e. The van der Waals surface area contributed by atoms with E-state index in [9.17, 15) is 4.39 Å². The maximum Gasteiger partial charge on any atom is 0.186 e. The Morgan fingerprint density at radius 3 is 2.10 bits per heavy atom. The highest BCUT2D eigenvalue weighted by Crippen LogP contribution is 2.65. The molecule has 0 saturated heterocycles. The molecule has 0 radical (unpaired) electrons. The van der Waals surface area contributed by atoms with Gasteiger partial charge in [-0.2, -0.15) is 0 Å². The molecule has 3 aliphatic carbocycles. The Bertz CT molecular complexity index is 187. The summed E-state index contributed by atoms with van der Waals surface area (Å²) in [6.07, 6.45) is 1.58. The minimum Gasteiger partial charge on any atom is -0.370 e. The SMILES string of the molecule is NC(N)=NC12CC(F)(C1)C2. The average Bonchev–Trinajstić information content (AvgIpc) is 1.56. The summed E-state index contributed by atoms with van der Waals surface area (Å²) in [7, 11) is 0. The first kappa shape index (κ1) is 5.95. The number of alkyl halides is 1. The van der Waals surface area contributed by atoms with Crippen molar-refractivity contribution in [2.75, 3.05) is 0 Å². The molecule has 0 amide bonds. The summed E-state index contributed by atoms with van der Waals surface area (Å²) < 4.78 is 12.8. The zero-order valence-electron chi connectivity index (χ0n) is 5.60. The van der Waals surface area contributed by atoms with Gasteiger partial charge in [-0.3, -0.25) is 0 Å². The highest BCUT2D eigenvalue weighted by Gasteiger charge is 2.69. The fourth-order valence-electron chi connectivity index (χ4n) is 2.01. The highest BCUT2D eigenvalue weighted by molar-refractivity contribution is 5.76. The fraction of sp³-hybridized carbons (Fsp3) is 0.833. The molecule has 0 aliphatic heterocycles. The van der Waals surface area contributed by atoms with Gasteiger partial charge in [0.25, 0.3) is 0 Å². The number of aliphatic imine (C=N–C) groups is 1. The number of hydrogen-bond donors (Lipinski definition) is 2. The van der Waals surface area contributed by atoms with Crippen LogP contribution in [0.1, 0.15) is 19.3 Å². The molecule has 0 aromatic heterocycles. The van der Waals surface area contributed by atoms with E-state index in [1.807, 2.05) is 0 Å². The molecule has 3 nitrogen and oxygen atoms in total. The van der Waals surface area contributed by atoms with Crippen molar-refractivity contribution in [3.05, 3.63) is 0 Å². The maximum absolute atomic E-state index is 12.8. The molecular formula is C6H10FN3. The van der Waals surface area contributed by atoms with Crippen LogP contribution in [0.3, 0.4) is 0 Å². The van der Waals surface area contributed by atoms with E-state index in [-0.39, 0.29) is 11.5 Å². The Labute approximate surface area is 58.3 Å². The van der Waals surface area contributed by atoms with Gasteiger partial charge in [0.15, 0.2) is 5.96 Å². The van der Waals surface area contributed by atoms with Gasteiger partial charge in [-0.05, 0) is 0 Å². The smallest absolute Gasteiger partial charge is 0.186 e. The van der Waals surface area contributed by atoms with Crippen molar-refractivity contribution in [3.8, 4) is 0 Å². The van der Waals surface area contributed by atoms with Crippen molar-refractivity contribution in [1.29, 1.82) is 0 Å². The zero-order valence-corrected chi connectivity index (χ0v) is 5.60. The normalized spacial score (nSPS) is 48.9. The van der Waals surface area contributed by atoms with Gasteiger partial charge in [-0.15, -0.1) is 0 Å². The van der Waals surface area contributed by atoms with E-state index >= 15 is 0 Å². The monoisotopic (exact) mass is 143 g/mol. The fourth-order valence-corrected chi connectivity index (χ4v) is 2.01. The van der Waals surface area contributed by atoms with Crippen LogP contribution < -0.4 is 11.5 Å². The minimum absolute atomic E-state index is 0.0850. The van der Waals surface area contributed by atoms with Crippen molar-refractivity contribution in [2.45, 2.75) is 30.5 Å². The number of nitrogens with two attached hydrogens (primary N) is 2. The number of guanidine groups is 1. The zero-order chi connectivity index (χ0) is 7.41. The maximum atomic E-state index is 12.8. The van der Waals surface area contributed by atoms with Crippen LogP contribution in [-0.4, -0.2) is 17.2 Å². The molecule has 0 aromatic rings. The molecule has 0 atom stereocenters. The van der Waals surface area contributed by atoms with Gasteiger partial charge in [0.2, 0.25) is 0 Å². The predicted octanol–water partition coefficient (Wildman–Crippen LogP) is -0.0956. The summed E-state index contributed by atoms with van der Waals surface area (Å²) in [4.78, 5) is 3.96. The molecule has 0 unspecified atom stereocenters. The first-order valence-electron chi connectivity index (χ1n) is 3.33. The molecule has 3 fully saturated rings. The van der Waals surface area contributed by atoms with Gasteiger partial charge in [-0.25, -0.2) is 9.38 Å². The van der Waals surface area contributed by atoms with E-state index < -0.39 is 5.67 Å². The topological polar surface area (TPSA) is 64.4 Å². The van der Waals surface area contributed by atoms with E-state index in [1.165, 1.54) is 0 Å². The molecule has 2 bridgehead atoms. The van der Waals surface area contributed by atoms with Gasteiger partial charge < -0.3 is 11.5 Å². The average molecular weight is 143 g/mol. The van der Waals surface area contributed by atoms with Gasteiger partial charge in [0.05, 0.1) is 5.54 Å². The number of halogens is 1. The third-order valence-electron chi connectivity index (χ3n) is 2.30. The highest BCUT2D eigenvalue weighted by atomic mass is 19.1. The van der Waals surface area contributed by atoms with Crippen molar-refractivity contribution >= 4 is 5.96 Å². The van der Waals surface area contributed by atoms with E-state index in [1.54, 1.807) is 0 Å². The molecule has 3 aliphatic rings. The van der Waals surface area contributed by atoms with Gasteiger partial charge >= 0.3 is 0 Å². The molecule has 3 saturated carbocycles. The molecule has 56 valence electrons. The van der Waals surface area contributed by atoms with Crippen LogP contribution >= 0.6 is 0 Å². The molecule has 4 N–H and O–H groups in total. The van der Waals surface area contributed by atoms with E-state index in [4.69, 9.17) is 11.5 Å². The summed E-state index contributed by atoms with van der Waals surface area (Å²) in [5.41, 5.74) is 9.23. The van der Waals surface area contributed by atoms with Crippen LogP contribution in [0.5, 0.6) is 0 Å². The van der Waals surface area contributed by atoms with Crippen LogP contribution in [0, 0.1) is 0 Å². The second kappa shape index (κ2) is 1.28. The Morgan fingerprint density at radius 1 is 1.30 bits per heavy atom. The van der Waals surface area contributed by atoms with Gasteiger partial charge in [-0.1, -0.05) is 0 Å². The summed E-state index contributed by atoms with van der Waals surface area (Å²) in [6.45, 7) is 0. The molecule has 0 spiro atoms. The Balaban J connectivity index is 2.05. The molecule has 0 aromatic carbocycles. The summed E-state index contributed by atoms with van der Waals surface area (Å²) in [5.74, 6) is 0.0850. The molecule has 3 rings (SSSR count). The number of hydrogen-bond acceptors (Lipinski definition) is 1. The lowest BCUT2D eigenvalue weighted by atomic mass is 9.48. The molecular weight excluding hydrogens is 133 g/mol. The molecule has 4 heteroatoms. The van der Waals surface area contributed by atoms with Crippen molar-refractivity contribution < 1.29 is 4.39 Å². The second-order valence-corrected chi connectivity index (χ2v) is 3.44. The number of nitrogens with zero attached hydrogens (tertiary/aromatic N) is 1. The predicted molar refractivity (Wildman–Crippen MR) is 36.2 cm³/mol. The number of rotatable bonds is 1. The van der Waals surface area contributed by atoms with E-state index in [2.05, 4.69) is 4.99 Å². The first-order chi connectivity index (χ1) is 4.54. The van der Waals surface area contributed by atoms with Crippen LogP contribution in [-0.2, 0) is 0 Å². The summed E-state index contributed by atoms with van der Waals surface area (Å²) in [6, 6.07) is 0. The minimum atomic E-state index is -0.904. The third kappa shape index (κ3) is 0.562. The Morgan fingerprint density at radius 2 is 1.80 bits per heavy atom. The van der Waals surface area contributed by atoms with Crippen LogP contribution in [0.25, 0.3) is 0 Å². The van der Waals surface area contributed by atoms with Crippen LogP contribution in [0.15, 0.2) is 4.99 Å². The lowest BCUT2D eigenvalue weighted by Crippen LogP contribution is -2.69. The van der Waals surface area contributed by atoms with E-state index in [0.717, 1.165) is 0 Å². The summed E-state index contributed by atoms with van der Waals surface area (Å²) >= 11 is 0. The van der Waals surface area contributed by atoms with Gasteiger partial charge in [0, 0.05) is 19.3 Å². The summed E-state index contributed by atoms with van der Waals surface area (Å²) in [5, 5.41) is 0. The quantitative estimate of drug-likeness (QED) is 0.398. The second-order valence-electron chi connectivity index (χ2n) is 3.44. The van der Waals surface area contributed by atoms with Crippen molar-refractivity contribution in [2.24, 2.45) is 16.5 Å². The van der Waals surface area contributed by atoms with Crippen molar-refractivity contribution in [1.82, 2.24) is 0 Å². The van der Waals surface area contributed by atoms with Gasteiger partial charge in [0.1, 0.15) is 5.67 Å². The molecule has 0 heterocycles. The van der Waals surface area contributed by atoms with Crippen molar-refractivity contribution in [3.63, 3.8) is 0 Å². The lowest BCUT2D eigenvalue weighted by molar-refractivity contribution is -0.147. The Hall–Kier alpha value is -0.800.